The first-order valence-electron chi connectivity index (χ1n) is 9.23. The molecule has 1 amide bonds. The summed E-state index contributed by atoms with van der Waals surface area (Å²) in [5.41, 5.74) is 0.459. The number of hydrogen-bond donors (Lipinski definition) is 1. The molecule has 0 saturated heterocycles. The van der Waals surface area contributed by atoms with E-state index >= 15 is 0 Å². The van der Waals surface area contributed by atoms with E-state index in [1.165, 1.54) is 16.9 Å². The third kappa shape index (κ3) is 5.34. The van der Waals surface area contributed by atoms with Crippen LogP contribution < -0.4 is 10.1 Å². The van der Waals surface area contributed by atoms with Crippen molar-refractivity contribution < 1.29 is 18.3 Å². The number of rotatable bonds is 7. The molecule has 0 unspecified atom stereocenters. The number of hydrogen-bond acceptors (Lipinski definition) is 4. The molecule has 31 heavy (non-hydrogen) atoms. The Balaban J connectivity index is 1.38. The molecule has 4 rings (SSSR count). The molecule has 0 fully saturated rings. The van der Waals surface area contributed by atoms with Crippen LogP contribution in [0.3, 0.4) is 0 Å². The van der Waals surface area contributed by atoms with Gasteiger partial charge in [-0.15, -0.1) is 0 Å². The fourth-order valence-corrected chi connectivity index (χ4v) is 3.26. The number of ether oxygens (including phenoxy) is 1. The lowest BCUT2D eigenvalue weighted by atomic mass is 10.2. The molecule has 0 aliphatic carbocycles. The van der Waals surface area contributed by atoms with Gasteiger partial charge in [-0.05, 0) is 42.5 Å². The van der Waals surface area contributed by atoms with E-state index in [4.69, 9.17) is 20.8 Å². The van der Waals surface area contributed by atoms with Gasteiger partial charge in [0.05, 0.1) is 6.54 Å². The van der Waals surface area contributed by atoms with Crippen LogP contribution >= 0.6 is 27.5 Å². The average Bonchev–Trinajstić information content (AvgIpc) is 3.36. The Hall–Kier alpha value is -3.10. The fraction of sp³-hybridized carbons (Fsp3) is 0.0909. The first-order chi connectivity index (χ1) is 15.0. The molecular weight excluding hydrogens is 489 g/mol. The molecule has 0 aliphatic rings. The Bertz CT molecular complexity index is 1210. The number of nitrogens with one attached hydrogen (secondary N) is 1. The molecule has 0 saturated carbocycles. The molecule has 4 aromatic rings. The van der Waals surface area contributed by atoms with Gasteiger partial charge in [0.25, 0.3) is 5.91 Å². The number of aromatic nitrogens is 2. The van der Waals surface area contributed by atoms with E-state index in [-0.39, 0.29) is 35.6 Å². The van der Waals surface area contributed by atoms with Crippen LogP contribution in [-0.2, 0) is 13.2 Å². The normalized spacial score (nSPS) is 10.8. The van der Waals surface area contributed by atoms with E-state index < -0.39 is 5.91 Å². The number of nitrogens with zero attached hydrogens (tertiary/aromatic N) is 2. The third-order valence-electron chi connectivity index (χ3n) is 4.32. The number of halogens is 3. The SMILES string of the molecule is O=C(Nc1nn(Cc2ccccc2F)cc1Cl)c1ccc(COc2ccc(Br)cc2)o1. The summed E-state index contributed by atoms with van der Waals surface area (Å²) in [6, 6.07) is 17.0. The number of carbonyl (C=O) groups is 1. The van der Waals surface area contributed by atoms with Crippen LogP contribution in [0.5, 0.6) is 5.75 Å². The second-order valence-corrected chi connectivity index (χ2v) is 7.90. The van der Waals surface area contributed by atoms with Crippen molar-refractivity contribution in [1.82, 2.24) is 9.78 Å². The number of benzene rings is 2. The molecule has 1 N–H and O–H groups in total. The summed E-state index contributed by atoms with van der Waals surface area (Å²) in [7, 11) is 0. The van der Waals surface area contributed by atoms with E-state index in [0.29, 0.717) is 17.1 Å². The van der Waals surface area contributed by atoms with Crippen LogP contribution in [-0.4, -0.2) is 15.7 Å². The summed E-state index contributed by atoms with van der Waals surface area (Å²) in [5, 5.41) is 7.05. The molecule has 6 nitrogen and oxygen atoms in total. The summed E-state index contributed by atoms with van der Waals surface area (Å²) in [6.45, 7) is 0.355. The van der Waals surface area contributed by atoms with Gasteiger partial charge in [-0.2, -0.15) is 5.10 Å². The lowest BCUT2D eigenvalue weighted by molar-refractivity contribution is 0.0992. The van der Waals surface area contributed by atoms with Crippen LogP contribution in [0.2, 0.25) is 5.02 Å². The first kappa shape index (κ1) is 21.1. The van der Waals surface area contributed by atoms with Crippen LogP contribution in [0, 0.1) is 5.82 Å². The summed E-state index contributed by atoms with van der Waals surface area (Å²) >= 11 is 9.53. The van der Waals surface area contributed by atoms with E-state index in [1.54, 1.807) is 30.3 Å². The van der Waals surface area contributed by atoms with Gasteiger partial charge in [-0.25, -0.2) is 4.39 Å². The van der Waals surface area contributed by atoms with Crippen molar-refractivity contribution in [2.75, 3.05) is 5.32 Å². The van der Waals surface area contributed by atoms with Gasteiger partial charge in [0.15, 0.2) is 11.6 Å². The van der Waals surface area contributed by atoms with Crippen molar-refractivity contribution >= 4 is 39.3 Å². The van der Waals surface area contributed by atoms with Crippen molar-refractivity contribution in [3.8, 4) is 5.75 Å². The molecule has 0 spiro atoms. The van der Waals surface area contributed by atoms with E-state index in [9.17, 15) is 9.18 Å². The largest absolute Gasteiger partial charge is 0.486 e. The summed E-state index contributed by atoms with van der Waals surface area (Å²) in [5.74, 6) is 0.573. The van der Waals surface area contributed by atoms with Crippen LogP contribution in [0.1, 0.15) is 21.9 Å². The van der Waals surface area contributed by atoms with Gasteiger partial charge in [0.2, 0.25) is 0 Å². The number of amides is 1. The Morgan fingerprint density at radius 1 is 1.16 bits per heavy atom. The maximum Gasteiger partial charge on any atom is 0.292 e. The van der Waals surface area contributed by atoms with E-state index in [2.05, 4.69) is 26.3 Å². The molecule has 9 heteroatoms. The Labute approximate surface area is 190 Å². The van der Waals surface area contributed by atoms with E-state index in [0.717, 1.165) is 4.47 Å². The van der Waals surface area contributed by atoms with Gasteiger partial charge < -0.3 is 14.5 Å². The zero-order valence-electron chi connectivity index (χ0n) is 16.0. The minimum atomic E-state index is -0.507. The predicted octanol–water partition coefficient (Wildman–Crippen LogP) is 5.91. The second-order valence-electron chi connectivity index (χ2n) is 6.58. The van der Waals surface area contributed by atoms with Crippen molar-refractivity contribution in [2.24, 2.45) is 0 Å². The Morgan fingerprint density at radius 2 is 1.94 bits per heavy atom. The highest BCUT2D eigenvalue weighted by molar-refractivity contribution is 9.10. The van der Waals surface area contributed by atoms with Crippen LogP contribution in [0.15, 0.2) is 75.8 Å². The van der Waals surface area contributed by atoms with Gasteiger partial charge in [-0.3, -0.25) is 9.48 Å². The maximum atomic E-state index is 13.8. The maximum absolute atomic E-state index is 13.8. The smallest absolute Gasteiger partial charge is 0.292 e. The zero-order valence-corrected chi connectivity index (χ0v) is 18.4. The number of furan rings is 1. The van der Waals surface area contributed by atoms with Crippen molar-refractivity contribution in [1.29, 1.82) is 0 Å². The first-order valence-corrected chi connectivity index (χ1v) is 10.4. The fourth-order valence-electron chi connectivity index (χ4n) is 2.80. The molecule has 2 heterocycles. The number of carbonyl (C=O) groups excluding carboxylic acids is 1. The minimum Gasteiger partial charge on any atom is -0.486 e. The van der Waals surface area contributed by atoms with Crippen molar-refractivity contribution in [3.05, 3.63) is 99.3 Å². The molecule has 0 aliphatic heterocycles. The van der Waals surface area contributed by atoms with Gasteiger partial charge in [0, 0.05) is 16.2 Å². The monoisotopic (exact) mass is 503 g/mol. The van der Waals surface area contributed by atoms with Crippen LogP contribution in [0.4, 0.5) is 10.2 Å². The average molecular weight is 505 g/mol. The standard InChI is InChI=1S/C22H16BrClFN3O3/c23-15-5-7-16(8-6-15)30-13-17-9-10-20(31-17)22(29)26-21-18(24)12-28(27-21)11-14-3-1-2-4-19(14)25/h1-10,12H,11,13H2,(H,26,27,29). The zero-order chi connectivity index (χ0) is 21.8. The molecule has 0 radical (unpaired) electrons. The predicted molar refractivity (Wildman–Crippen MR) is 118 cm³/mol. The van der Waals surface area contributed by atoms with Gasteiger partial charge in [0.1, 0.15) is 29.0 Å². The van der Waals surface area contributed by atoms with E-state index in [1.807, 2.05) is 24.3 Å². The highest BCUT2D eigenvalue weighted by Gasteiger charge is 2.16. The third-order valence-corrected chi connectivity index (χ3v) is 5.12. The summed E-state index contributed by atoms with van der Waals surface area (Å²) in [6.07, 6.45) is 1.52. The second kappa shape index (κ2) is 9.36. The highest BCUT2D eigenvalue weighted by atomic mass is 79.9. The molecular formula is C22H16BrClFN3O3. The molecule has 0 bridgehead atoms. The topological polar surface area (TPSA) is 69.3 Å². The van der Waals surface area contributed by atoms with Crippen molar-refractivity contribution in [3.63, 3.8) is 0 Å². The summed E-state index contributed by atoms with van der Waals surface area (Å²) in [4.78, 5) is 12.5. The molecule has 2 aromatic heterocycles. The Morgan fingerprint density at radius 3 is 2.71 bits per heavy atom. The number of anilines is 1. The molecule has 158 valence electrons. The minimum absolute atomic E-state index is 0.0918. The van der Waals surface area contributed by atoms with Gasteiger partial charge in [-0.1, -0.05) is 45.7 Å². The van der Waals surface area contributed by atoms with Gasteiger partial charge >= 0.3 is 0 Å². The lowest BCUT2D eigenvalue weighted by Crippen LogP contribution is -2.12. The van der Waals surface area contributed by atoms with Crippen molar-refractivity contribution in [2.45, 2.75) is 13.2 Å². The Kier molecular flexibility index (Phi) is 6.39. The van der Waals surface area contributed by atoms with Crippen LogP contribution in [0.25, 0.3) is 0 Å². The quantitative estimate of drug-likeness (QED) is 0.340. The lowest BCUT2D eigenvalue weighted by Gasteiger charge is -2.04. The highest BCUT2D eigenvalue weighted by Crippen LogP contribution is 2.22. The molecule has 0 atom stereocenters. The molecule has 2 aromatic carbocycles. The summed E-state index contributed by atoms with van der Waals surface area (Å²) < 4.78 is 27.4.